The van der Waals surface area contributed by atoms with Crippen LogP contribution in [0.1, 0.15) is 5.82 Å². The highest BCUT2D eigenvalue weighted by Gasteiger charge is 2.11. The quantitative estimate of drug-likeness (QED) is 0.845. The molecule has 88 valence electrons. The number of anilines is 1. The van der Waals surface area contributed by atoms with Crippen molar-refractivity contribution < 1.29 is 4.79 Å². The Hall–Kier alpha value is -1.88. The molecule has 0 aliphatic heterocycles. The van der Waals surface area contributed by atoms with E-state index in [1.54, 1.807) is 11.6 Å². The molecule has 0 aliphatic rings. The van der Waals surface area contributed by atoms with Gasteiger partial charge in [0.1, 0.15) is 11.7 Å². The Bertz CT molecular complexity index is 524. The van der Waals surface area contributed by atoms with Gasteiger partial charge in [0.05, 0.1) is 5.69 Å². The van der Waals surface area contributed by atoms with Gasteiger partial charge in [0.25, 0.3) is 0 Å². The van der Waals surface area contributed by atoms with Gasteiger partial charge >= 0.3 is 0 Å². The number of carbonyl (C=O) groups excluding carboxylic acids is 1. The minimum atomic E-state index is -0.309. The Kier molecular flexibility index (Phi) is 3.39. The smallest absolute Gasteiger partial charge is 0.241 e. The first kappa shape index (κ1) is 11.6. The number of para-hydroxylation sites is 1. The third kappa shape index (κ3) is 2.62. The molecule has 0 fully saturated rings. The first-order valence-electron chi connectivity index (χ1n) is 5.05. The van der Waals surface area contributed by atoms with E-state index >= 15 is 0 Å². The van der Waals surface area contributed by atoms with Gasteiger partial charge in [0.2, 0.25) is 11.9 Å². The molecule has 0 bridgehead atoms. The highest BCUT2D eigenvalue weighted by molar-refractivity contribution is 6.28. The number of nitrogens with zero attached hydrogens (tertiary/aromatic N) is 3. The molecule has 1 N–H and O–H groups in total. The number of aryl methyl sites for hydroxylation is 1. The molecule has 2 aromatic rings. The maximum absolute atomic E-state index is 11.2. The van der Waals surface area contributed by atoms with Crippen molar-refractivity contribution in [2.45, 2.75) is 6.92 Å². The monoisotopic (exact) mass is 250 g/mol. The fourth-order valence-electron chi connectivity index (χ4n) is 1.40. The standard InChI is InChI=1S/C11H11ClN4O/c1-8-13-11(14-10(17)7-12)16(15-8)9-5-3-2-4-6-9/h2-6H,7H2,1H3,(H,13,14,15,17). The predicted octanol–water partition coefficient (Wildman–Crippen LogP) is 1.75. The third-order valence-corrected chi connectivity index (χ3v) is 2.33. The summed E-state index contributed by atoms with van der Waals surface area (Å²) in [5.74, 6) is 0.537. The average Bonchev–Trinajstić information content (AvgIpc) is 2.71. The number of carbonyl (C=O) groups is 1. The lowest BCUT2D eigenvalue weighted by Crippen LogP contribution is -2.16. The molecule has 0 unspecified atom stereocenters. The van der Waals surface area contributed by atoms with E-state index in [0.29, 0.717) is 11.8 Å². The zero-order valence-electron chi connectivity index (χ0n) is 9.22. The van der Waals surface area contributed by atoms with Gasteiger partial charge in [-0.25, -0.2) is 0 Å². The first-order chi connectivity index (χ1) is 8.20. The maximum Gasteiger partial charge on any atom is 0.241 e. The van der Waals surface area contributed by atoms with Crippen LogP contribution in [0.5, 0.6) is 0 Å². The van der Waals surface area contributed by atoms with Crippen LogP contribution >= 0.6 is 11.6 Å². The molecule has 0 saturated heterocycles. The summed E-state index contributed by atoms with van der Waals surface area (Å²) in [6.45, 7) is 1.76. The van der Waals surface area contributed by atoms with Crippen LogP contribution < -0.4 is 5.32 Å². The van der Waals surface area contributed by atoms with E-state index in [1.807, 2.05) is 30.3 Å². The summed E-state index contributed by atoms with van der Waals surface area (Å²) in [6.07, 6.45) is 0. The van der Waals surface area contributed by atoms with E-state index in [0.717, 1.165) is 5.69 Å². The average molecular weight is 251 g/mol. The van der Waals surface area contributed by atoms with E-state index in [1.165, 1.54) is 0 Å². The highest BCUT2D eigenvalue weighted by atomic mass is 35.5. The molecular formula is C11H11ClN4O. The molecule has 1 heterocycles. The number of alkyl halides is 1. The van der Waals surface area contributed by atoms with Gasteiger partial charge < -0.3 is 0 Å². The first-order valence-corrected chi connectivity index (χ1v) is 5.59. The number of benzene rings is 1. The summed E-state index contributed by atoms with van der Waals surface area (Å²) in [6, 6.07) is 9.44. The summed E-state index contributed by atoms with van der Waals surface area (Å²) in [7, 11) is 0. The van der Waals surface area contributed by atoms with Crippen LogP contribution in [0.3, 0.4) is 0 Å². The maximum atomic E-state index is 11.2. The summed E-state index contributed by atoms with van der Waals surface area (Å²) < 4.78 is 1.57. The number of aromatic nitrogens is 3. The normalized spacial score (nSPS) is 10.2. The van der Waals surface area contributed by atoms with Crippen molar-refractivity contribution in [1.29, 1.82) is 0 Å². The predicted molar refractivity (Wildman–Crippen MR) is 65.4 cm³/mol. The van der Waals surface area contributed by atoms with E-state index in [2.05, 4.69) is 15.4 Å². The van der Waals surface area contributed by atoms with E-state index in [-0.39, 0.29) is 11.8 Å². The Balaban J connectivity index is 2.37. The molecule has 1 aromatic heterocycles. The number of halogens is 1. The minimum Gasteiger partial charge on any atom is -0.293 e. The number of hydrogen-bond acceptors (Lipinski definition) is 3. The number of hydrogen-bond donors (Lipinski definition) is 1. The molecule has 17 heavy (non-hydrogen) atoms. The molecule has 1 amide bonds. The lowest BCUT2D eigenvalue weighted by molar-refractivity contribution is -0.114. The fraction of sp³-hybridized carbons (Fsp3) is 0.182. The number of amides is 1. The van der Waals surface area contributed by atoms with E-state index < -0.39 is 0 Å². The summed E-state index contributed by atoms with van der Waals surface area (Å²) >= 11 is 5.44. The van der Waals surface area contributed by atoms with Gasteiger partial charge in [-0.2, -0.15) is 9.67 Å². The SMILES string of the molecule is Cc1nc(NC(=O)CCl)n(-c2ccccc2)n1. The molecule has 0 saturated carbocycles. The molecular weight excluding hydrogens is 240 g/mol. The fourth-order valence-corrected chi connectivity index (χ4v) is 1.47. The topological polar surface area (TPSA) is 59.8 Å². The lowest BCUT2D eigenvalue weighted by atomic mass is 10.3. The van der Waals surface area contributed by atoms with Gasteiger partial charge in [-0.3, -0.25) is 10.1 Å². The van der Waals surface area contributed by atoms with Gasteiger partial charge in [0.15, 0.2) is 0 Å². The Morgan fingerprint density at radius 1 is 1.41 bits per heavy atom. The van der Waals surface area contributed by atoms with Crippen LogP contribution in [-0.4, -0.2) is 26.6 Å². The van der Waals surface area contributed by atoms with Crippen molar-refractivity contribution in [3.63, 3.8) is 0 Å². The van der Waals surface area contributed by atoms with E-state index in [9.17, 15) is 4.79 Å². The highest BCUT2D eigenvalue weighted by Crippen LogP contribution is 2.13. The summed E-state index contributed by atoms with van der Waals surface area (Å²) in [4.78, 5) is 15.4. The lowest BCUT2D eigenvalue weighted by Gasteiger charge is -2.05. The number of nitrogens with one attached hydrogen (secondary N) is 1. The van der Waals surface area contributed by atoms with Crippen LogP contribution in [0.2, 0.25) is 0 Å². The van der Waals surface area contributed by atoms with Crippen molar-refractivity contribution >= 4 is 23.5 Å². The number of rotatable bonds is 3. The van der Waals surface area contributed by atoms with Crippen molar-refractivity contribution in [2.75, 3.05) is 11.2 Å². The van der Waals surface area contributed by atoms with Crippen LogP contribution in [0.15, 0.2) is 30.3 Å². The van der Waals surface area contributed by atoms with Gasteiger partial charge in [-0.15, -0.1) is 16.7 Å². The van der Waals surface area contributed by atoms with Gasteiger partial charge in [-0.05, 0) is 19.1 Å². The molecule has 0 spiro atoms. The minimum absolute atomic E-state index is 0.110. The van der Waals surface area contributed by atoms with Crippen LogP contribution in [0.25, 0.3) is 5.69 Å². The Morgan fingerprint density at radius 3 is 2.76 bits per heavy atom. The van der Waals surface area contributed by atoms with Crippen LogP contribution in [0, 0.1) is 6.92 Å². The largest absolute Gasteiger partial charge is 0.293 e. The second-order valence-electron chi connectivity index (χ2n) is 3.41. The van der Waals surface area contributed by atoms with E-state index in [4.69, 9.17) is 11.6 Å². The molecule has 0 aliphatic carbocycles. The second-order valence-corrected chi connectivity index (χ2v) is 3.68. The summed E-state index contributed by atoms with van der Waals surface area (Å²) in [5.41, 5.74) is 0.831. The zero-order chi connectivity index (χ0) is 12.3. The van der Waals surface area contributed by atoms with Crippen molar-refractivity contribution in [2.24, 2.45) is 0 Å². The van der Waals surface area contributed by atoms with Gasteiger partial charge in [0, 0.05) is 0 Å². The van der Waals surface area contributed by atoms with Crippen LogP contribution in [0.4, 0.5) is 5.95 Å². The molecule has 0 atom stereocenters. The van der Waals surface area contributed by atoms with Gasteiger partial charge in [-0.1, -0.05) is 18.2 Å². The van der Waals surface area contributed by atoms with Crippen molar-refractivity contribution in [3.8, 4) is 5.69 Å². The molecule has 0 radical (unpaired) electrons. The molecule has 2 rings (SSSR count). The second kappa shape index (κ2) is 4.97. The third-order valence-electron chi connectivity index (χ3n) is 2.09. The molecule has 5 nitrogen and oxygen atoms in total. The Labute approximate surface area is 103 Å². The summed E-state index contributed by atoms with van der Waals surface area (Å²) in [5, 5.41) is 6.81. The zero-order valence-corrected chi connectivity index (χ0v) is 9.98. The molecule has 6 heteroatoms. The van der Waals surface area contributed by atoms with Crippen LogP contribution in [-0.2, 0) is 4.79 Å². The molecule has 1 aromatic carbocycles. The van der Waals surface area contributed by atoms with Crippen molar-refractivity contribution in [1.82, 2.24) is 14.8 Å². The Morgan fingerprint density at radius 2 is 2.12 bits per heavy atom. The van der Waals surface area contributed by atoms with Crippen molar-refractivity contribution in [3.05, 3.63) is 36.2 Å².